The van der Waals surface area contributed by atoms with Crippen LogP contribution in [0.4, 0.5) is 10.8 Å². The van der Waals surface area contributed by atoms with Gasteiger partial charge in [0.25, 0.3) is 0 Å². The van der Waals surface area contributed by atoms with Crippen molar-refractivity contribution in [3.8, 4) is 0 Å². The molecule has 1 aliphatic rings. The summed E-state index contributed by atoms with van der Waals surface area (Å²) in [5.74, 6) is -0.358. The predicted molar refractivity (Wildman–Crippen MR) is 114 cm³/mol. The fourth-order valence-electron chi connectivity index (χ4n) is 3.01. The minimum atomic E-state index is -0.413. The lowest BCUT2D eigenvalue weighted by atomic mass is 10.2. The van der Waals surface area contributed by atoms with E-state index in [0.29, 0.717) is 16.9 Å². The topological polar surface area (TPSA) is 97.3 Å². The summed E-state index contributed by atoms with van der Waals surface area (Å²) in [6.07, 6.45) is 3.86. The average Bonchev–Trinajstić information content (AvgIpc) is 3.42. The number of fused-ring (bicyclic) bond motifs is 1. The highest BCUT2D eigenvalue weighted by molar-refractivity contribution is 8.00. The number of thioether (sulfide) groups is 1. The number of carbonyl (C=O) groups excluding carboxylic acids is 2. The van der Waals surface area contributed by atoms with Crippen LogP contribution in [-0.2, 0) is 9.53 Å². The van der Waals surface area contributed by atoms with Crippen molar-refractivity contribution >= 4 is 56.1 Å². The SMILES string of the molecule is COC(=O)c1ccc(NC(=O)CSc2ncnc3nc(N4CCCC4)sc23)cc1. The molecule has 1 aromatic carbocycles. The van der Waals surface area contributed by atoms with Gasteiger partial charge in [-0.1, -0.05) is 23.1 Å². The van der Waals surface area contributed by atoms with Crippen LogP contribution in [0.15, 0.2) is 35.6 Å². The average molecular weight is 430 g/mol. The van der Waals surface area contributed by atoms with Crippen LogP contribution in [0.25, 0.3) is 10.3 Å². The molecule has 150 valence electrons. The molecule has 0 atom stereocenters. The van der Waals surface area contributed by atoms with Crippen molar-refractivity contribution in [2.45, 2.75) is 17.9 Å². The van der Waals surface area contributed by atoms with Gasteiger partial charge in [-0.25, -0.2) is 14.8 Å². The molecular weight excluding hydrogens is 410 g/mol. The van der Waals surface area contributed by atoms with E-state index in [2.05, 4.69) is 29.9 Å². The summed E-state index contributed by atoms with van der Waals surface area (Å²) >= 11 is 2.94. The van der Waals surface area contributed by atoms with E-state index in [0.717, 1.165) is 27.9 Å². The molecule has 0 unspecified atom stereocenters. The monoisotopic (exact) mass is 429 g/mol. The van der Waals surface area contributed by atoms with Gasteiger partial charge in [-0.3, -0.25) is 4.79 Å². The normalized spacial score (nSPS) is 13.6. The van der Waals surface area contributed by atoms with Crippen LogP contribution >= 0.6 is 23.1 Å². The zero-order valence-electron chi connectivity index (χ0n) is 15.8. The second-order valence-corrected chi connectivity index (χ2v) is 8.37. The van der Waals surface area contributed by atoms with Gasteiger partial charge in [0.15, 0.2) is 10.8 Å². The number of nitrogens with one attached hydrogen (secondary N) is 1. The quantitative estimate of drug-likeness (QED) is 0.362. The predicted octanol–water partition coefficient (Wildman–Crippen LogP) is 3.20. The van der Waals surface area contributed by atoms with E-state index >= 15 is 0 Å². The number of rotatable bonds is 6. The van der Waals surface area contributed by atoms with Crippen LogP contribution in [-0.4, -0.2) is 52.8 Å². The van der Waals surface area contributed by atoms with E-state index in [1.54, 1.807) is 35.6 Å². The van der Waals surface area contributed by atoms with E-state index < -0.39 is 5.97 Å². The van der Waals surface area contributed by atoms with Crippen LogP contribution in [0.1, 0.15) is 23.2 Å². The Morgan fingerprint density at radius 1 is 1.21 bits per heavy atom. The maximum atomic E-state index is 12.3. The Morgan fingerprint density at radius 2 is 1.97 bits per heavy atom. The van der Waals surface area contributed by atoms with Crippen molar-refractivity contribution in [1.29, 1.82) is 0 Å². The molecule has 0 bridgehead atoms. The molecule has 3 heterocycles. The first kappa shape index (κ1) is 19.6. The number of hydrogen-bond acceptors (Lipinski definition) is 9. The van der Waals surface area contributed by atoms with Crippen LogP contribution in [0.5, 0.6) is 0 Å². The molecule has 0 aliphatic carbocycles. The molecule has 1 N–H and O–H groups in total. The van der Waals surface area contributed by atoms with Crippen molar-refractivity contribution in [2.75, 3.05) is 36.2 Å². The van der Waals surface area contributed by atoms with Gasteiger partial charge >= 0.3 is 5.97 Å². The molecule has 0 spiro atoms. The first-order valence-electron chi connectivity index (χ1n) is 9.11. The maximum Gasteiger partial charge on any atom is 0.337 e. The molecule has 8 nitrogen and oxygen atoms in total. The zero-order chi connectivity index (χ0) is 20.2. The van der Waals surface area contributed by atoms with Gasteiger partial charge in [-0.2, -0.15) is 4.98 Å². The van der Waals surface area contributed by atoms with Crippen LogP contribution in [0, 0.1) is 0 Å². The third-order valence-corrected chi connectivity index (χ3v) is 6.68. The van der Waals surface area contributed by atoms with Gasteiger partial charge in [0, 0.05) is 18.8 Å². The Balaban J connectivity index is 1.40. The van der Waals surface area contributed by atoms with Gasteiger partial charge in [0.05, 0.1) is 18.4 Å². The van der Waals surface area contributed by atoms with Crippen molar-refractivity contribution < 1.29 is 14.3 Å². The Hall–Kier alpha value is -2.72. The molecule has 4 rings (SSSR count). The molecule has 2 aromatic heterocycles. The lowest BCUT2D eigenvalue weighted by molar-refractivity contribution is -0.113. The fraction of sp³-hybridized carbons (Fsp3) is 0.316. The summed E-state index contributed by atoms with van der Waals surface area (Å²) < 4.78 is 5.58. The van der Waals surface area contributed by atoms with Crippen molar-refractivity contribution in [1.82, 2.24) is 15.0 Å². The Labute approximate surface area is 175 Å². The number of nitrogens with zero attached hydrogens (tertiary/aromatic N) is 4. The highest BCUT2D eigenvalue weighted by atomic mass is 32.2. The molecule has 0 saturated carbocycles. The third-order valence-electron chi connectivity index (χ3n) is 4.45. The molecule has 1 saturated heterocycles. The number of ether oxygens (including phenoxy) is 1. The minimum absolute atomic E-state index is 0.156. The van der Waals surface area contributed by atoms with Gasteiger partial charge in [0.1, 0.15) is 16.1 Å². The smallest absolute Gasteiger partial charge is 0.337 e. The Morgan fingerprint density at radius 3 is 2.69 bits per heavy atom. The molecule has 3 aromatic rings. The molecule has 10 heteroatoms. The molecule has 1 fully saturated rings. The summed E-state index contributed by atoms with van der Waals surface area (Å²) in [7, 11) is 1.33. The highest BCUT2D eigenvalue weighted by Crippen LogP contribution is 2.34. The van der Waals surface area contributed by atoms with Gasteiger partial charge in [0.2, 0.25) is 5.91 Å². The first-order valence-corrected chi connectivity index (χ1v) is 10.9. The largest absolute Gasteiger partial charge is 0.465 e. The number of methoxy groups -OCH3 is 1. The second kappa shape index (κ2) is 8.75. The van der Waals surface area contributed by atoms with Crippen LogP contribution < -0.4 is 10.2 Å². The maximum absolute atomic E-state index is 12.3. The molecular formula is C19H19N5O3S2. The number of esters is 1. The second-order valence-electron chi connectivity index (χ2n) is 6.43. The molecule has 0 radical (unpaired) electrons. The Bertz CT molecular complexity index is 1030. The number of aromatic nitrogens is 3. The Kier molecular flexibility index (Phi) is 5.91. The highest BCUT2D eigenvalue weighted by Gasteiger charge is 2.19. The summed E-state index contributed by atoms with van der Waals surface area (Å²) in [5, 5.41) is 4.54. The summed E-state index contributed by atoms with van der Waals surface area (Å²) in [6, 6.07) is 6.56. The number of thiazole rings is 1. The number of hydrogen-bond donors (Lipinski definition) is 1. The van der Waals surface area contributed by atoms with Crippen molar-refractivity contribution in [2.24, 2.45) is 0 Å². The van der Waals surface area contributed by atoms with E-state index in [1.165, 1.54) is 38.0 Å². The number of anilines is 2. The van der Waals surface area contributed by atoms with E-state index in [-0.39, 0.29) is 11.7 Å². The summed E-state index contributed by atoms with van der Waals surface area (Å²) in [5.41, 5.74) is 1.72. The van der Waals surface area contributed by atoms with Crippen molar-refractivity contribution in [3.63, 3.8) is 0 Å². The van der Waals surface area contributed by atoms with E-state index in [4.69, 9.17) is 0 Å². The molecule has 1 amide bonds. The fourth-order valence-corrected chi connectivity index (χ4v) is 4.95. The van der Waals surface area contributed by atoms with E-state index in [9.17, 15) is 9.59 Å². The molecule has 29 heavy (non-hydrogen) atoms. The van der Waals surface area contributed by atoms with Crippen LogP contribution in [0.2, 0.25) is 0 Å². The minimum Gasteiger partial charge on any atom is -0.465 e. The zero-order valence-corrected chi connectivity index (χ0v) is 17.4. The van der Waals surface area contributed by atoms with E-state index in [1.807, 2.05) is 0 Å². The van der Waals surface area contributed by atoms with Gasteiger partial charge < -0.3 is 15.0 Å². The molecule has 1 aliphatic heterocycles. The summed E-state index contributed by atoms with van der Waals surface area (Å²) in [6.45, 7) is 2.04. The number of amides is 1. The standard InChI is InChI=1S/C19H19N5O3S2/c1-27-18(26)12-4-6-13(7-5-12)22-14(25)10-28-17-15-16(20-11-21-17)23-19(29-15)24-8-2-3-9-24/h4-7,11H,2-3,8-10H2,1H3,(H,22,25). The lowest BCUT2D eigenvalue weighted by Crippen LogP contribution is -2.16. The summed E-state index contributed by atoms with van der Waals surface area (Å²) in [4.78, 5) is 39.3. The lowest BCUT2D eigenvalue weighted by Gasteiger charge is -2.11. The van der Waals surface area contributed by atoms with Crippen molar-refractivity contribution in [3.05, 3.63) is 36.2 Å². The number of carbonyl (C=O) groups is 2. The van der Waals surface area contributed by atoms with Gasteiger partial charge in [-0.05, 0) is 37.1 Å². The first-order chi connectivity index (χ1) is 14.1. The number of benzene rings is 1. The van der Waals surface area contributed by atoms with Crippen LogP contribution in [0.3, 0.4) is 0 Å². The van der Waals surface area contributed by atoms with Gasteiger partial charge in [-0.15, -0.1) is 0 Å². The third kappa shape index (κ3) is 4.48.